The van der Waals surface area contributed by atoms with E-state index in [0.717, 1.165) is 16.3 Å². The third-order valence-electron chi connectivity index (χ3n) is 2.38. The highest BCUT2D eigenvalue weighted by Crippen LogP contribution is 2.33. The lowest BCUT2D eigenvalue weighted by molar-refractivity contribution is -0.123. The molecule has 80 valence electrons. The molecule has 0 spiro atoms. The number of thioether (sulfide) groups is 1. The van der Waals surface area contributed by atoms with Crippen molar-refractivity contribution in [1.29, 1.82) is 0 Å². The molecule has 1 atom stereocenters. The molecule has 0 radical (unpaired) electrons. The van der Waals surface area contributed by atoms with E-state index in [1.54, 1.807) is 11.8 Å². The van der Waals surface area contributed by atoms with Crippen molar-refractivity contribution in [3.8, 4) is 5.75 Å². The first-order valence-corrected chi connectivity index (χ1v) is 6.12. The monoisotopic (exact) mass is 223 g/mol. The molecule has 1 amide bonds. The zero-order valence-electron chi connectivity index (χ0n) is 8.74. The summed E-state index contributed by atoms with van der Waals surface area (Å²) in [4.78, 5) is 12.7. The predicted molar refractivity (Wildman–Crippen MR) is 61.6 cm³/mol. The summed E-state index contributed by atoms with van der Waals surface area (Å²) in [6.45, 7) is 1.94. The Morgan fingerprint density at radius 3 is 3.00 bits per heavy atom. The average molecular weight is 223 g/mol. The molecular weight excluding hydrogens is 210 g/mol. The Morgan fingerprint density at radius 2 is 2.33 bits per heavy atom. The number of benzene rings is 1. The standard InChI is InChI=1S/C11H13NO2S/c1-3-9-11(13)12-8-6-7(15-2)4-5-10(8)14-9/h4-6,9H,3H2,1-2H3,(H,12,13). The van der Waals surface area contributed by atoms with Gasteiger partial charge < -0.3 is 10.1 Å². The molecule has 1 aromatic carbocycles. The first kappa shape index (κ1) is 10.4. The maximum atomic E-state index is 11.5. The van der Waals surface area contributed by atoms with Crippen LogP contribution in [0.15, 0.2) is 23.1 Å². The molecule has 0 aromatic heterocycles. The second kappa shape index (κ2) is 4.14. The van der Waals surface area contributed by atoms with E-state index in [4.69, 9.17) is 4.74 Å². The molecule has 0 saturated heterocycles. The van der Waals surface area contributed by atoms with E-state index in [9.17, 15) is 4.79 Å². The highest BCUT2D eigenvalue weighted by atomic mass is 32.2. The van der Waals surface area contributed by atoms with Crippen molar-refractivity contribution >= 4 is 23.4 Å². The third kappa shape index (κ3) is 1.95. The number of hydrogen-bond donors (Lipinski definition) is 1. The van der Waals surface area contributed by atoms with Crippen molar-refractivity contribution in [3.63, 3.8) is 0 Å². The van der Waals surface area contributed by atoms with E-state index in [1.807, 2.05) is 31.4 Å². The number of rotatable bonds is 2. The number of anilines is 1. The quantitative estimate of drug-likeness (QED) is 0.783. The molecule has 0 fully saturated rings. The van der Waals surface area contributed by atoms with Gasteiger partial charge in [-0.25, -0.2) is 0 Å². The van der Waals surface area contributed by atoms with Gasteiger partial charge in [-0.15, -0.1) is 11.8 Å². The highest BCUT2D eigenvalue weighted by Gasteiger charge is 2.25. The number of amides is 1. The topological polar surface area (TPSA) is 38.3 Å². The molecule has 1 N–H and O–H groups in total. The molecule has 15 heavy (non-hydrogen) atoms. The van der Waals surface area contributed by atoms with Crippen LogP contribution in [0.5, 0.6) is 5.75 Å². The van der Waals surface area contributed by atoms with Crippen LogP contribution in [0.2, 0.25) is 0 Å². The Bertz CT molecular complexity index is 392. The van der Waals surface area contributed by atoms with Crippen molar-refractivity contribution < 1.29 is 9.53 Å². The minimum absolute atomic E-state index is 0.0525. The van der Waals surface area contributed by atoms with E-state index >= 15 is 0 Å². The van der Waals surface area contributed by atoms with Crippen molar-refractivity contribution in [1.82, 2.24) is 0 Å². The molecule has 4 heteroatoms. The van der Waals surface area contributed by atoms with Gasteiger partial charge in [0.25, 0.3) is 5.91 Å². The maximum absolute atomic E-state index is 11.5. The van der Waals surface area contributed by atoms with Gasteiger partial charge in [0.2, 0.25) is 0 Å². The van der Waals surface area contributed by atoms with Crippen molar-refractivity contribution in [2.24, 2.45) is 0 Å². The Hall–Kier alpha value is -1.16. The lowest BCUT2D eigenvalue weighted by atomic mass is 10.2. The van der Waals surface area contributed by atoms with Gasteiger partial charge >= 0.3 is 0 Å². The summed E-state index contributed by atoms with van der Waals surface area (Å²) >= 11 is 1.64. The number of nitrogens with one attached hydrogen (secondary N) is 1. The van der Waals surface area contributed by atoms with E-state index in [1.165, 1.54) is 0 Å². The van der Waals surface area contributed by atoms with E-state index in [-0.39, 0.29) is 12.0 Å². The van der Waals surface area contributed by atoms with Gasteiger partial charge in [0, 0.05) is 4.90 Å². The number of ether oxygens (including phenoxy) is 1. The molecule has 1 aliphatic rings. The maximum Gasteiger partial charge on any atom is 0.265 e. The first-order chi connectivity index (χ1) is 7.24. The fraction of sp³-hybridized carbons (Fsp3) is 0.364. The summed E-state index contributed by atoms with van der Waals surface area (Å²) in [7, 11) is 0. The molecule has 0 aliphatic carbocycles. The van der Waals surface area contributed by atoms with E-state index in [2.05, 4.69) is 5.32 Å². The van der Waals surface area contributed by atoms with Gasteiger partial charge in [0.05, 0.1) is 5.69 Å². The minimum Gasteiger partial charge on any atom is -0.478 e. The smallest absolute Gasteiger partial charge is 0.265 e. The number of hydrogen-bond acceptors (Lipinski definition) is 3. The van der Waals surface area contributed by atoms with Gasteiger partial charge in [0.15, 0.2) is 6.10 Å². The van der Waals surface area contributed by atoms with Crippen LogP contribution in [0.3, 0.4) is 0 Å². The third-order valence-corrected chi connectivity index (χ3v) is 3.10. The SMILES string of the molecule is CCC1Oc2ccc(SC)cc2NC1=O. The van der Waals surface area contributed by atoms with Crippen molar-refractivity contribution in [2.75, 3.05) is 11.6 Å². The zero-order valence-corrected chi connectivity index (χ0v) is 9.56. The normalized spacial score (nSPS) is 19.1. The van der Waals surface area contributed by atoms with Gasteiger partial charge in [-0.3, -0.25) is 4.79 Å². The highest BCUT2D eigenvalue weighted by molar-refractivity contribution is 7.98. The fourth-order valence-electron chi connectivity index (χ4n) is 1.53. The summed E-state index contributed by atoms with van der Waals surface area (Å²) in [6, 6.07) is 5.83. The number of carbonyl (C=O) groups excluding carboxylic acids is 1. The molecule has 1 unspecified atom stereocenters. The zero-order chi connectivity index (χ0) is 10.8. The second-order valence-corrected chi connectivity index (χ2v) is 4.25. The molecule has 1 heterocycles. The second-order valence-electron chi connectivity index (χ2n) is 3.37. The molecule has 2 rings (SSSR count). The Balaban J connectivity index is 2.32. The van der Waals surface area contributed by atoms with Gasteiger partial charge in [-0.05, 0) is 30.9 Å². The molecule has 1 aromatic rings. The largest absolute Gasteiger partial charge is 0.478 e. The minimum atomic E-state index is -0.349. The first-order valence-electron chi connectivity index (χ1n) is 4.90. The predicted octanol–water partition coefficient (Wildman–Crippen LogP) is 2.52. The summed E-state index contributed by atoms with van der Waals surface area (Å²) in [5.74, 6) is 0.711. The van der Waals surface area contributed by atoms with Crippen molar-refractivity contribution in [3.05, 3.63) is 18.2 Å². The van der Waals surface area contributed by atoms with Crippen LogP contribution in [0, 0.1) is 0 Å². The molecule has 1 aliphatic heterocycles. The van der Waals surface area contributed by atoms with Gasteiger partial charge in [-0.2, -0.15) is 0 Å². The summed E-state index contributed by atoms with van der Waals surface area (Å²) in [6.07, 6.45) is 2.34. The van der Waals surface area contributed by atoms with Crippen LogP contribution in [0.4, 0.5) is 5.69 Å². The Labute approximate surface area is 93.2 Å². The van der Waals surface area contributed by atoms with Crippen molar-refractivity contribution in [2.45, 2.75) is 24.3 Å². The van der Waals surface area contributed by atoms with Crippen LogP contribution in [0.25, 0.3) is 0 Å². The molecule has 3 nitrogen and oxygen atoms in total. The Kier molecular flexibility index (Phi) is 2.86. The lowest BCUT2D eigenvalue weighted by Crippen LogP contribution is -2.36. The lowest BCUT2D eigenvalue weighted by Gasteiger charge is -2.25. The summed E-state index contributed by atoms with van der Waals surface area (Å²) < 4.78 is 5.57. The molecular formula is C11H13NO2S. The summed E-state index contributed by atoms with van der Waals surface area (Å²) in [5, 5.41) is 2.86. The van der Waals surface area contributed by atoms with Crippen LogP contribution in [0.1, 0.15) is 13.3 Å². The average Bonchev–Trinajstić information content (AvgIpc) is 2.27. The summed E-state index contributed by atoms with van der Waals surface area (Å²) in [5.41, 5.74) is 0.775. The van der Waals surface area contributed by atoms with Gasteiger partial charge in [-0.1, -0.05) is 6.92 Å². The Morgan fingerprint density at radius 1 is 1.53 bits per heavy atom. The van der Waals surface area contributed by atoms with E-state index in [0.29, 0.717) is 6.42 Å². The van der Waals surface area contributed by atoms with Crippen LogP contribution in [-0.4, -0.2) is 18.3 Å². The van der Waals surface area contributed by atoms with Crippen LogP contribution < -0.4 is 10.1 Å². The van der Waals surface area contributed by atoms with Crippen LogP contribution >= 0.6 is 11.8 Å². The number of fused-ring (bicyclic) bond motifs is 1. The van der Waals surface area contributed by atoms with E-state index < -0.39 is 0 Å². The fourth-order valence-corrected chi connectivity index (χ4v) is 1.97. The number of carbonyl (C=O) groups is 1. The molecule has 0 bridgehead atoms. The van der Waals surface area contributed by atoms with Crippen LogP contribution in [-0.2, 0) is 4.79 Å². The van der Waals surface area contributed by atoms with Gasteiger partial charge in [0.1, 0.15) is 5.75 Å². The molecule has 0 saturated carbocycles.